The second-order valence-corrected chi connectivity index (χ2v) is 4.25. The van der Waals surface area contributed by atoms with Crippen LogP contribution in [0.25, 0.3) is 0 Å². The third kappa shape index (κ3) is 3.58. The fourth-order valence-electron chi connectivity index (χ4n) is 1.38. The SMILES string of the molecule is CCCC(C)Nc1ccc(SC)nc1. The van der Waals surface area contributed by atoms with E-state index >= 15 is 0 Å². The van der Waals surface area contributed by atoms with Crippen molar-refractivity contribution < 1.29 is 0 Å². The molecule has 0 saturated heterocycles. The Morgan fingerprint density at radius 1 is 1.50 bits per heavy atom. The molecule has 1 atom stereocenters. The lowest BCUT2D eigenvalue weighted by atomic mass is 10.2. The summed E-state index contributed by atoms with van der Waals surface area (Å²) in [6.07, 6.45) is 6.35. The summed E-state index contributed by atoms with van der Waals surface area (Å²) in [5.74, 6) is 0. The lowest BCUT2D eigenvalue weighted by Gasteiger charge is -2.13. The van der Waals surface area contributed by atoms with Crippen molar-refractivity contribution in [1.29, 1.82) is 0 Å². The van der Waals surface area contributed by atoms with Crippen LogP contribution in [0.1, 0.15) is 26.7 Å². The number of nitrogens with zero attached hydrogens (tertiary/aromatic N) is 1. The lowest BCUT2D eigenvalue weighted by molar-refractivity contribution is 0.690. The Morgan fingerprint density at radius 2 is 2.29 bits per heavy atom. The van der Waals surface area contributed by atoms with Crippen LogP contribution in [0.5, 0.6) is 0 Å². The molecule has 0 aromatic carbocycles. The van der Waals surface area contributed by atoms with Gasteiger partial charge in [-0.1, -0.05) is 13.3 Å². The summed E-state index contributed by atoms with van der Waals surface area (Å²) in [4.78, 5) is 4.31. The molecule has 1 aromatic heterocycles. The number of thioether (sulfide) groups is 1. The fourth-order valence-corrected chi connectivity index (χ4v) is 1.74. The van der Waals surface area contributed by atoms with E-state index in [1.807, 2.05) is 18.5 Å². The van der Waals surface area contributed by atoms with Crippen molar-refractivity contribution in [2.24, 2.45) is 0 Å². The van der Waals surface area contributed by atoms with Gasteiger partial charge in [-0.3, -0.25) is 0 Å². The average molecular weight is 210 g/mol. The molecule has 0 radical (unpaired) electrons. The average Bonchev–Trinajstić information content (AvgIpc) is 2.19. The van der Waals surface area contributed by atoms with Gasteiger partial charge in [0, 0.05) is 6.04 Å². The second kappa shape index (κ2) is 5.91. The summed E-state index contributed by atoms with van der Waals surface area (Å²) >= 11 is 1.67. The summed E-state index contributed by atoms with van der Waals surface area (Å²) < 4.78 is 0. The number of nitrogens with one attached hydrogen (secondary N) is 1. The number of hydrogen-bond donors (Lipinski definition) is 1. The molecule has 0 amide bonds. The molecule has 0 saturated carbocycles. The molecule has 0 aliphatic carbocycles. The topological polar surface area (TPSA) is 24.9 Å². The Bertz CT molecular complexity index is 258. The van der Waals surface area contributed by atoms with Crippen LogP contribution in [-0.2, 0) is 0 Å². The van der Waals surface area contributed by atoms with E-state index in [-0.39, 0.29) is 0 Å². The molecule has 0 aliphatic rings. The predicted molar refractivity (Wildman–Crippen MR) is 64.0 cm³/mol. The van der Waals surface area contributed by atoms with Gasteiger partial charge in [0.25, 0.3) is 0 Å². The molecule has 0 aliphatic heterocycles. The first-order chi connectivity index (χ1) is 6.76. The first-order valence-electron chi connectivity index (χ1n) is 5.02. The van der Waals surface area contributed by atoms with Crippen molar-refractivity contribution in [1.82, 2.24) is 4.98 Å². The van der Waals surface area contributed by atoms with Gasteiger partial charge in [-0.25, -0.2) is 4.98 Å². The van der Waals surface area contributed by atoms with Gasteiger partial charge < -0.3 is 5.32 Å². The predicted octanol–water partition coefficient (Wildman–Crippen LogP) is 3.40. The number of anilines is 1. The Kier molecular flexibility index (Phi) is 4.80. The summed E-state index contributed by atoms with van der Waals surface area (Å²) in [6.45, 7) is 4.40. The van der Waals surface area contributed by atoms with Crippen molar-refractivity contribution in [2.45, 2.75) is 37.8 Å². The van der Waals surface area contributed by atoms with Crippen LogP contribution in [0, 0.1) is 0 Å². The van der Waals surface area contributed by atoms with Crippen molar-refractivity contribution in [3.05, 3.63) is 18.3 Å². The molecule has 14 heavy (non-hydrogen) atoms. The molecule has 0 bridgehead atoms. The monoisotopic (exact) mass is 210 g/mol. The third-order valence-electron chi connectivity index (χ3n) is 2.08. The van der Waals surface area contributed by atoms with E-state index in [1.54, 1.807) is 11.8 Å². The highest BCUT2D eigenvalue weighted by atomic mass is 32.2. The molecule has 3 heteroatoms. The highest BCUT2D eigenvalue weighted by Crippen LogP contribution is 2.15. The molecule has 1 rings (SSSR count). The summed E-state index contributed by atoms with van der Waals surface area (Å²) in [7, 11) is 0. The number of aromatic nitrogens is 1. The normalized spacial score (nSPS) is 12.5. The molecule has 0 fully saturated rings. The van der Waals surface area contributed by atoms with E-state index in [0.717, 1.165) is 10.7 Å². The van der Waals surface area contributed by atoms with Gasteiger partial charge in [0.2, 0.25) is 0 Å². The molecule has 78 valence electrons. The quantitative estimate of drug-likeness (QED) is 0.754. The smallest absolute Gasteiger partial charge is 0.0958 e. The Hall–Kier alpha value is -0.700. The first kappa shape index (κ1) is 11.4. The van der Waals surface area contributed by atoms with Crippen LogP contribution < -0.4 is 5.32 Å². The maximum absolute atomic E-state index is 4.31. The van der Waals surface area contributed by atoms with Gasteiger partial charge in [-0.15, -0.1) is 11.8 Å². The Morgan fingerprint density at radius 3 is 2.79 bits per heavy atom. The van der Waals surface area contributed by atoms with E-state index in [4.69, 9.17) is 0 Å². The van der Waals surface area contributed by atoms with Gasteiger partial charge in [0.05, 0.1) is 16.9 Å². The van der Waals surface area contributed by atoms with E-state index < -0.39 is 0 Å². The molecule has 0 spiro atoms. The molecule has 1 heterocycles. The zero-order chi connectivity index (χ0) is 10.4. The molecule has 1 aromatic rings. The fraction of sp³-hybridized carbons (Fsp3) is 0.545. The highest BCUT2D eigenvalue weighted by Gasteiger charge is 2.00. The van der Waals surface area contributed by atoms with Crippen molar-refractivity contribution in [3.8, 4) is 0 Å². The van der Waals surface area contributed by atoms with Crippen LogP contribution in [0.15, 0.2) is 23.4 Å². The van der Waals surface area contributed by atoms with Crippen LogP contribution in [0.4, 0.5) is 5.69 Å². The van der Waals surface area contributed by atoms with Gasteiger partial charge in [0.1, 0.15) is 0 Å². The summed E-state index contributed by atoms with van der Waals surface area (Å²) in [5.41, 5.74) is 1.11. The van der Waals surface area contributed by atoms with Crippen LogP contribution in [0.2, 0.25) is 0 Å². The lowest BCUT2D eigenvalue weighted by Crippen LogP contribution is -2.14. The van der Waals surface area contributed by atoms with Crippen LogP contribution in [0.3, 0.4) is 0 Å². The van der Waals surface area contributed by atoms with E-state index in [1.165, 1.54) is 12.8 Å². The van der Waals surface area contributed by atoms with Gasteiger partial charge in [-0.05, 0) is 31.7 Å². The van der Waals surface area contributed by atoms with Crippen molar-refractivity contribution in [2.75, 3.05) is 11.6 Å². The van der Waals surface area contributed by atoms with Crippen molar-refractivity contribution >= 4 is 17.4 Å². The van der Waals surface area contributed by atoms with Gasteiger partial charge in [-0.2, -0.15) is 0 Å². The van der Waals surface area contributed by atoms with Gasteiger partial charge in [0.15, 0.2) is 0 Å². The Labute approximate surface area is 90.5 Å². The highest BCUT2D eigenvalue weighted by molar-refractivity contribution is 7.98. The largest absolute Gasteiger partial charge is 0.381 e. The van der Waals surface area contributed by atoms with Gasteiger partial charge >= 0.3 is 0 Å². The summed E-state index contributed by atoms with van der Waals surface area (Å²) in [5, 5.41) is 4.49. The van der Waals surface area contributed by atoms with E-state index in [9.17, 15) is 0 Å². The van der Waals surface area contributed by atoms with Crippen LogP contribution >= 0.6 is 11.8 Å². The molecule has 2 nitrogen and oxygen atoms in total. The van der Waals surface area contributed by atoms with Crippen LogP contribution in [-0.4, -0.2) is 17.3 Å². The minimum absolute atomic E-state index is 0.530. The molecule has 1 N–H and O–H groups in total. The molecule has 1 unspecified atom stereocenters. The third-order valence-corrected chi connectivity index (χ3v) is 2.74. The number of pyridine rings is 1. The zero-order valence-electron chi connectivity index (χ0n) is 9.08. The molecular formula is C11H18N2S. The second-order valence-electron chi connectivity index (χ2n) is 3.42. The standard InChI is InChI=1S/C11H18N2S/c1-4-5-9(2)13-10-6-7-11(14-3)12-8-10/h6-9,13H,4-5H2,1-3H3. The van der Waals surface area contributed by atoms with E-state index in [0.29, 0.717) is 6.04 Å². The molecular weight excluding hydrogens is 192 g/mol. The minimum Gasteiger partial charge on any atom is -0.381 e. The van der Waals surface area contributed by atoms with Crippen molar-refractivity contribution in [3.63, 3.8) is 0 Å². The summed E-state index contributed by atoms with van der Waals surface area (Å²) in [6, 6.07) is 4.67. The van der Waals surface area contributed by atoms with E-state index in [2.05, 4.69) is 30.2 Å². The zero-order valence-corrected chi connectivity index (χ0v) is 9.90. The minimum atomic E-state index is 0.530. The maximum Gasteiger partial charge on any atom is 0.0958 e. The number of hydrogen-bond acceptors (Lipinski definition) is 3. The first-order valence-corrected chi connectivity index (χ1v) is 6.25. The Balaban J connectivity index is 2.50. The maximum atomic E-state index is 4.31. The number of rotatable bonds is 5.